The number of carboxylic acid groups (broad SMARTS) is 1. The van der Waals surface area contributed by atoms with Crippen LogP contribution in [0.2, 0.25) is 0 Å². The molecule has 1 N–H and O–H groups in total. The number of hydrogen-bond donors (Lipinski definition) is 1. The summed E-state index contributed by atoms with van der Waals surface area (Å²) in [5.74, 6) is 0.00906. The molecule has 0 bridgehead atoms. The smallest absolute Gasteiger partial charge is 0.311 e. The lowest BCUT2D eigenvalue weighted by molar-refractivity contribution is -0.149. The van der Waals surface area contributed by atoms with E-state index in [0.29, 0.717) is 18.5 Å². The van der Waals surface area contributed by atoms with Crippen LogP contribution in [-0.4, -0.2) is 35.0 Å². The standard InChI is InChI=1S/C14H19NO3/c16-11(10-6-13(10)4-5-13)15-7-9-2-1-3-14(9,8-15)12(17)18/h9-10H,1-8H2,(H,17,18)/t9-,10?,14+/m0/s1. The van der Waals surface area contributed by atoms with Crippen LogP contribution in [0.15, 0.2) is 0 Å². The Balaban J connectivity index is 1.52. The van der Waals surface area contributed by atoms with E-state index >= 15 is 0 Å². The summed E-state index contributed by atoms with van der Waals surface area (Å²) < 4.78 is 0. The average molecular weight is 249 g/mol. The molecule has 0 radical (unpaired) electrons. The van der Waals surface area contributed by atoms with Gasteiger partial charge in [0.25, 0.3) is 0 Å². The summed E-state index contributed by atoms with van der Waals surface area (Å²) in [6, 6.07) is 0. The van der Waals surface area contributed by atoms with E-state index in [1.807, 2.05) is 4.90 Å². The molecule has 1 amide bonds. The minimum atomic E-state index is -0.683. The van der Waals surface area contributed by atoms with Crippen LogP contribution in [0, 0.1) is 22.7 Å². The summed E-state index contributed by atoms with van der Waals surface area (Å²) in [6.07, 6.45) is 6.23. The van der Waals surface area contributed by atoms with Gasteiger partial charge in [0.2, 0.25) is 5.91 Å². The maximum absolute atomic E-state index is 12.4. The van der Waals surface area contributed by atoms with Gasteiger partial charge in [-0.25, -0.2) is 0 Å². The molecule has 98 valence electrons. The number of nitrogens with zero attached hydrogens (tertiary/aromatic N) is 1. The molecule has 0 aromatic carbocycles. The zero-order valence-corrected chi connectivity index (χ0v) is 10.5. The Bertz CT molecular complexity index is 442. The molecular weight excluding hydrogens is 230 g/mol. The van der Waals surface area contributed by atoms with E-state index in [2.05, 4.69) is 0 Å². The molecule has 3 saturated carbocycles. The summed E-state index contributed by atoms with van der Waals surface area (Å²) in [7, 11) is 0. The third kappa shape index (κ3) is 1.21. The maximum Gasteiger partial charge on any atom is 0.311 e. The van der Waals surface area contributed by atoms with E-state index in [4.69, 9.17) is 0 Å². The molecule has 4 fully saturated rings. The van der Waals surface area contributed by atoms with Crippen LogP contribution in [0.3, 0.4) is 0 Å². The van der Waals surface area contributed by atoms with Gasteiger partial charge in [0.15, 0.2) is 0 Å². The predicted octanol–water partition coefficient (Wildman–Crippen LogP) is 1.50. The zero-order chi connectivity index (χ0) is 12.5. The van der Waals surface area contributed by atoms with Crippen LogP contribution in [-0.2, 0) is 9.59 Å². The first-order chi connectivity index (χ1) is 8.57. The van der Waals surface area contributed by atoms with E-state index in [9.17, 15) is 14.7 Å². The van der Waals surface area contributed by atoms with Crippen molar-refractivity contribution in [3.63, 3.8) is 0 Å². The van der Waals surface area contributed by atoms with Crippen molar-refractivity contribution < 1.29 is 14.7 Å². The molecule has 4 aliphatic rings. The lowest BCUT2D eigenvalue weighted by Crippen LogP contribution is -2.37. The van der Waals surface area contributed by atoms with Crippen molar-refractivity contribution in [3.05, 3.63) is 0 Å². The first kappa shape index (κ1) is 10.8. The van der Waals surface area contributed by atoms with Crippen LogP contribution in [0.4, 0.5) is 0 Å². The SMILES string of the molecule is O=C(C1CC12CC2)N1C[C@@H]2CCC[C@@]2(C(=O)O)C1. The van der Waals surface area contributed by atoms with Gasteiger partial charge in [-0.3, -0.25) is 9.59 Å². The number of amides is 1. The van der Waals surface area contributed by atoms with E-state index in [1.54, 1.807) is 0 Å². The summed E-state index contributed by atoms with van der Waals surface area (Å²) in [4.78, 5) is 25.8. The minimum absolute atomic E-state index is 0.202. The summed E-state index contributed by atoms with van der Waals surface area (Å²) in [6.45, 7) is 1.16. The Morgan fingerprint density at radius 2 is 2.00 bits per heavy atom. The normalized spacial score (nSPS) is 43.0. The highest BCUT2D eigenvalue weighted by Crippen LogP contribution is 2.71. The Morgan fingerprint density at radius 3 is 2.56 bits per heavy atom. The van der Waals surface area contributed by atoms with Gasteiger partial charge in [-0.1, -0.05) is 6.42 Å². The Labute approximate surface area is 106 Å². The fraction of sp³-hybridized carbons (Fsp3) is 0.857. The molecule has 3 aliphatic carbocycles. The van der Waals surface area contributed by atoms with Crippen LogP contribution >= 0.6 is 0 Å². The number of rotatable bonds is 2. The minimum Gasteiger partial charge on any atom is -0.481 e. The monoisotopic (exact) mass is 249 g/mol. The number of hydrogen-bond acceptors (Lipinski definition) is 2. The highest BCUT2D eigenvalue weighted by Gasteiger charge is 2.67. The molecule has 3 atom stereocenters. The molecule has 0 aromatic rings. The van der Waals surface area contributed by atoms with Crippen LogP contribution < -0.4 is 0 Å². The Morgan fingerprint density at radius 1 is 1.22 bits per heavy atom. The highest BCUT2D eigenvalue weighted by atomic mass is 16.4. The van der Waals surface area contributed by atoms with Crippen molar-refractivity contribution in [1.29, 1.82) is 0 Å². The Hall–Kier alpha value is -1.06. The third-order valence-corrected chi connectivity index (χ3v) is 5.99. The quantitative estimate of drug-likeness (QED) is 0.807. The topological polar surface area (TPSA) is 57.6 Å². The van der Waals surface area contributed by atoms with Gasteiger partial charge in [0, 0.05) is 19.0 Å². The summed E-state index contributed by atoms with van der Waals surface area (Å²) >= 11 is 0. The second kappa shape index (κ2) is 3.09. The van der Waals surface area contributed by atoms with Gasteiger partial charge in [0.1, 0.15) is 0 Å². The number of fused-ring (bicyclic) bond motifs is 1. The fourth-order valence-electron chi connectivity index (χ4n) is 4.44. The van der Waals surface area contributed by atoms with Crippen molar-refractivity contribution in [3.8, 4) is 0 Å². The molecule has 18 heavy (non-hydrogen) atoms. The Kier molecular flexibility index (Phi) is 1.86. The van der Waals surface area contributed by atoms with Crippen molar-refractivity contribution in [2.75, 3.05) is 13.1 Å². The van der Waals surface area contributed by atoms with Crippen molar-refractivity contribution in [1.82, 2.24) is 4.90 Å². The number of aliphatic carboxylic acids is 1. The van der Waals surface area contributed by atoms with Gasteiger partial charge in [0.05, 0.1) is 5.41 Å². The van der Waals surface area contributed by atoms with Crippen LogP contribution in [0.1, 0.15) is 38.5 Å². The van der Waals surface area contributed by atoms with Crippen LogP contribution in [0.25, 0.3) is 0 Å². The lowest BCUT2D eigenvalue weighted by Gasteiger charge is -2.23. The van der Waals surface area contributed by atoms with Crippen molar-refractivity contribution in [2.45, 2.75) is 38.5 Å². The molecule has 1 spiro atoms. The van der Waals surface area contributed by atoms with Crippen LogP contribution in [0.5, 0.6) is 0 Å². The van der Waals surface area contributed by atoms with Gasteiger partial charge in [-0.2, -0.15) is 0 Å². The molecule has 0 aromatic heterocycles. The summed E-state index contributed by atoms with van der Waals surface area (Å²) in [5.41, 5.74) is -0.230. The molecule has 1 aliphatic heterocycles. The molecule has 4 nitrogen and oxygen atoms in total. The number of carboxylic acids is 1. The molecule has 1 unspecified atom stereocenters. The molecule has 4 rings (SSSR count). The molecule has 1 saturated heterocycles. The van der Waals surface area contributed by atoms with Crippen molar-refractivity contribution >= 4 is 11.9 Å². The average Bonchev–Trinajstić information content (AvgIpc) is 3.15. The van der Waals surface area contributed by atoms with Gasteiger partial charge < -0.3 is 10.0 Å². The van der Waals surface area contributed by atoms with Crippen molar-refractivity contribution in [2.24, 2.45) is 22.7 Å². The largest absolute Gasteiger partial charge is 0.481 e. The lowest BCUT2D eigenvalue weighted by atomic mass is 9.81. The van der Waals surface area contributed by atoms with E-state index < -0.39 is 11.4 Å². The second-order valence-corrected chi connectivity index (χ2v) is 6.89. The number of likely N-dealkylation sites (tertiary alicyclic amines) is 1. The molecule has 1 heterocycles. The number of carbonyl (C=O) groups excluding carboxylic acids is 1. The van der Waals surface area contributed by atoms with Gasteiger partial charge in [-0.05, 0) is 43.4 Å². The van der Waals surface area contributed by atoms with E-state index in [0.717, 1.165) is 25.7 Å². The maximum atomic E-state index is 12.4. The third-order valence-electron chi connectivity index (χ3n) is 5.99. The fourth-order valence-corrected chi connectivity index (χ4v) is 4.44. The predicted molar refractivity (Wildman–Crippen MR) is 63.8 cm³/mol. The first-order valence-corrected chi connectivity index (χ1v) is 7.10. The van der Waals surface area contributed by atoms with E-state index in [1.165, 1.54) is 12.8 Å². The molecule has 4 heteroatoms. The first-order valence-electron chi connectivity index (χ1n) is 7.10. The second-order valence-electron chi connectivity index (χ2n) is 6.89. The summed E-state index contributed by atoms with van der Waals surface area (Å²) in [5, 5.41) is 9.51. The zero-order valence-electron chi connectivity index (χ0n) is 10.5. The number of carbonyl (C=O) groups is 2. The highest BCUT2D eigenvalue weighted by molar-refractivity contribution is 5.86. The van der Waals surface area contributed by atoms with E-state index in [-0.39, 0.29) is 17.7 Å². The van der Waals surface area contributed by atoms with Gasteiger partial charge in [-0.15, -0.1) is 0 Å². The molecular formula is C14H19NO3. The van der Waals surface area contributed by atoms with Gasteiger partial charge >= 0.3 is 5.97 Å².